The molecule has 1 aromatic carbocycles. The molecule has 2 aliphatic rings. The van der Waals surface area contributed by atoms with Gasteiger partial charge in [-0.2, -0.15) is 18.3 Å². The molecule has 4 bridgehead atoms. The lowest BCUT2D eigenvalue weighted by molar-refractivity contribution is -0.126. The number of amides is 1. The molecular formula is C29H34F3N5O3S. The summed E-state index contributed by atoms with van der Waals surface area (Å²) in [4.78, 5) is 15.2. The standard InChI is InChI=1S/C29H34F3N5O3S/c1-36-10-7-24-20(18-36)8-12-39-14-15-40-13-11-37-19-21(17-34-37)28(38)33-9-3-6-26-23(16-29(30,31)32)22-4-2-5-25(35-24)27(22)41-26/h2,4-5,17,19-20,24,35H,7-16,18H2,1H3,(H,33,38)/t20-,24+/m0/s1. The zero-order valence-electron chi connectivity index (χ0n) is 22.9. The number of fused-ring (bicyclic) bond motifs is 4. The lowest BCUT2D eigenvalue weighted by Crippen LogP contribution is -2.45. The highest BCUT2D eigenvalue weighted by Gasteiger charge is 2.32. The molecule has 5 rings (SSSR count). The summed E-state index contributed by atoms with van der Waals surface area (Å²) in [6.07, 6.45) is -0.586. The van der Waals surface area contributed by atoms with Crippen molar-refractivity contribution in [1.82, 2.24) is 20.0 Å². The molecule has 1 saturated heterocycles. The SMILES string of the molecule is CN1CC[C@H]2Nc3cccc4c(CC(F)(F)F)c(sc34)C#CCNC(=O)c3cnn(c3)CCOCCOCC[C@H]2C1. The summed E-state index contributed by atoms with van der Waals surface area (Å²) in [7, 11) is 2.11. The van der Waals surface area contributed by atoms with Gasteiger partial charge in [0.15, 0.2) is 0 Å². The minimum absolute atomic E-state index is 0.00476. The van der Waals surface area contributed by atoms with Gasteiger partial charge < -0.3 is 25.0 Å². The van der Waals surface area contributed by atoms with E-state index in [0.29, 0.717) is 54.7 Å². The number of rotatable bonds is 1. The Morgan fingerprint density at radius 1 is 1.15 bits per heavy atom. The number of carbonyl (C=O) groups excluding carboxylic acids is 1. The van der Waals surface area contributed by atoms with Crippen molar-refractivity contribution in [3.8, 4) is 11.8 Å². The van der Waals surface area contributed by atoms with Crippen LogP contribution in [0.1, 0.15) is 33.6 Å². The van der Waals surface area contributed by atoms with Crippen LogP contribution in [0.4, 0.5) is 18.9 Å². The molecule has 41 heavy (non-hydrogen) atoms. The Bertz CT molecular complexity index is 1410. The maximum atomic E-state index is 13.6. The van der Waals surface area contributed by atoms with Crippen LogP contribution in [0.5, 0.6) is 0 Å². The number of halogens is 3. The highest BCUT2D eigenvalue weighted by atomic mass is 32.1. The maximum Gasteiger partial charge on any atom is 0.393 e. The van der Waals surface area contributed by atoms with E-state index in [9.17, 15) is 18.0 Å². The molecule has 2 N–H and O–H groups in total. The topological polar surface area (TPSA) is 80.7 Å². The van der Waals surface area contributed by atoms with E-state index in [1.807, 2.05) is 6.07 Å². The van der Waals surface area contributed by atoms with Gasteiger partial charge in [0.2, 0.25) is 0 Å². The number of nitrogens with one attached hydrogen (secondary N) is 2. The molecule has 0 spiro atoms. The number of hydrogen-bond donors (Lipinski definition) is 2. The zero-order chi connectivity index (χ0) is 28.8. The van der Waals surface area contributed by atoms with E-state index in [0.717, 1.165) is 36.3 Å². The lowest BCUT2D eigenvalue weighted by atomic mass is 9.89. The van der Waals surface area contributed by atoms with Crippen LogP contribution >= 0.6 is 11.3 Å². The van der Waals surface area contributed by atoms with Crippen LogP contribution in [0.2, 0.25) is 0 Å². The first-order valence-corrected chi connectivity index (χ1v) is 14.6. The van der Waals surface area contributed by atoms with Crippen LogP contribution in [0.15, 0.2) is 30.6 Å². The Morgan fingerprint density at radius 2 is 1.98 bits per heavy atom. The molecule has 0 radical (unpaired) electrons. The normalized spacial score (nSPS) is 21.9. The molecule has 2 aromatic heterocycles. The van der Waals surface area contributed by atoms with Crippen molar-refractivity contribution in [2.24, 2.45) is 5.92 Å². The second kappa shape index (κ2) is 13.2. The largest absolute Gasteiger partial charge is 0.393 e. The summed E-state index contributed by atoms with van der Waals surface area (Å²) in [6, 6.07) is 5.62. The highest BCUT2D eigenvalue weighted by Crippen LogP contribution is 2.40. The van der Waals surface area contributed by atoms with E-state index in [1.54, 1.807) is 23.0 Å². The van der Waals surface area contributed by atoms with Crippen molar-refractivity contribution in [1.29, 1.82) is 0 Å². The Hall–Kier alpha value is -3.11. The molecule has 0 unspecified atom stereocenters. The monoisotopic (exact) mass is 589 g/mol. The van der Waals surface area contributed by atoms with Crippen molar-refractivity contribution in [2.75, 3.05) is 58.4 Å². The van der Waals surface area contributed by atoms with Crippen LogP contribution in [-0.2, 0) is 22.4 Å². The molecule has 2 aliphatic heterocycles. The smallest absolute Gasteiger partial charge is 0.381 e. The Labute approximate surface area is 241 Å². The maximum absolute atomic E-state index is 13.6. The minimum Gasteiger partial charge on any atom is -0.381 e. The van der Waals surface area contributed by atoms with E-state index < -0.39 is 12.6 Å². The number of anilines is 1. The minimum atomic E-state index is -4.38. The Morgan fingerprint density at radius 3 is 2.80 bits per heavy atom. The van der Waals surface area contributed by atoms with Gasteiger partial charge in [-0.15, -0.1) is 11.3 Å². The Kier molecular flexibility index (Phi) is 9.49. The summed E-state index contributed by atoms with van der Waals surface area (Å²) in [5, 5.41) is 11.1. The molecule has 220 valence electrons. The number of carbonyl (C=O) groups is 1. The Balaban J connectivity index is 1.44. The third-order valence-corrected chi connectivity index (χ3v) is 8.57. The molecule has 12 heteroatoms. The van der Waals surface area contributed by atoms with Crippen LogP contribution in [0.25, 0.3) is 10.1 Å². The van der Waals surface area contributed by atoms with E-state index in [2.05, 4.69) is 39.5 Å². The molecular weight excluding hydrogens is 555 g/mol. The third kappa shape index (κ3) is 7.80. The van der Waals surface area contributed by atoms with Gasteiger partial charge in [-0.25, -0.2) is 0 Å². The number of alkyl halides is 3. The number of likely N-dealkylation sites (tertiary alicyclic amines) is 1. The van der Waals surface area contributed by atoms with E-state index in [1.165, 1.54) is 17.5 Å². The first-order valence-electron chi connectivity index (χ1n) is 13.8. The van der Waals surface area contributed by atoms with Crippen molar-refractivity contribution in [3.05, 3.63) is 46.6 Å². The average molecular weight is 590 g/mol. The zero-order valence-corrected chi connectivity index (χ0v) is 23.7. The van der Waals surface area contributed by atoms with Crippen molar-refractivity contribution in [2.45, 2.75) is 38.0 Å². The van der Waals surface area contributed by atoms with E-state index in [-0.39, 0.29) is 24.1 Å². The third-order valence-electron chi connectivity index (χ3n) is 7.38. The van der Waals surface area contributed by atoms with E-state index >= 15 is 0 Å². The molecule has 0 saturated carbocycles. The van der Waals surface area contributed by atoms with Crippen molar-refractivity contribution < 1.29 is 27.4 Å². The fourth-order valence-electron chi connectivity index (χ4n) is 5.33. The molecule has 1 fully saturated rings. The average Bonchev–Trinajstić information content (AvgIpc) is 3.54. The van der Waals surface area contributed by atoms with Crippen LogP contribution in [-0.4, -0.2) is 85.9 Å². The first-order chi connectivity index (χ1) is 19.8. The molecule has 4 heterocycles. The van der Waals surface area contributed by atoms with Crippen molar-refractivity contribution >= 4 is 33.0 Å². The summed E-state index contributed by atoms with van der Waals surface area (Å²) in [5.74, 6) is 5.72. The molecule has 8 nitrogen and oxygen atoms in total. The van der Waals surface area contributed by atoms with Gasteiger partial charge in [0.05, 0.1) is 66.4 Å². The number of aromatic nitrogens is 2. The molecule has 1 amide bonds. The second-order valence-electron chi connectivity index (χ2n) is 10.4. The summed E-state index contributed by atoms with van der Waals surface area (Å²) in [5.41, 5.74) is 1.36. The number of piperidine rings is 1. The van der Waals surface area contributed by atoms with Gasteiger partial charge in [-0.05, 0) is 49.4 Å². The fraction of sp³-hybridized carbons (Fsp3) is 0.517. The van der Waals surface area contributed by atoms with Crippen molar-refractivity contribution in [3.63, 3.8) is 0 Å². The van der Waals surface area contributed by atoms with Gasteiger partial charge in [-0.3, -0.25) is 9.48 Å². The predicted molar refractivity (Wildman–Crippen MR) is 152 cm³/mol. The number of ether oxygens (including phenoxy) is 2. The molecule has 3 aromatic rings. The van der Waals surface area contributed by atoms with Gasteiger partial charge in [0.1, 0.15) is 0 Å². The number of thiophene rings is 1. The van der Waals surface area contributed by atoms with Crippen LogP contribution in [0.3, 0.4) is 0 Å². The molecule has 2 atom stereocenters. The lowest BCUT2D eigenvalue weighted by Gasteiger charge is -2.38. The van der Waals surface area contributed by atoms with Crippen LogP contribution in [0, 0.1) is 17.8 Å². The highest BCUT2D eigenvalue weighted by molar-refractivity contribution is 7.20. The number of benzene rings is 1. The second-order valence-corrected chi connectivity index (χ2v) is 11.5. The van der Waals surface area contributed by atoms with E-state index in [4.69, 9.17) is 9.47 Å². The quantitative estimate of drug-likeness (QED) is 0.416. The van der Waals surface area contributed by atoms with Gasteiger partial charge in [0.25, 0.3) is 5.91 Å². The van der Waals surface area contributed by atoms with Crippen LogP contribution < -0.4 is 10.6 Å². The predicted octanol–water partition coefficient (Wildman–Crippen LogP) is 4.15. The van der Waals surface area contributed by atoms with Gasteiger partial charge in [0, 0.05) is 25.4 Å². The summed E-state index contributed by atoms with van der Waals surface area (Å²) >= 11 is 1.26. The number of nitrogens with zero attached hydrogens (tertiary/aromatic N) is 3. The molecule has 0 aliphatic carbocycles. The summed E-state index contributed by atoms with van der Waals surface area (Å²) < 4.78 is 54.8. The van der Waals surface area contributed by atoms with Gasteiger partial charge in [-0.1, -0.05) is 24.0 Å². The fourth-order valence-corrected chi connectivity index (χ4v) is 6.50. The van der Waals surface area contributed by atoms with Gasteiger partial charge >= 0.3 is 6.18 Å². The first kappa shape index (κ1) is 29.4. The summed E-state index contributed by atoms with van der Waals surface area (Å²) in [6.45, 7) is 4.30. The number of hydrogen-bond acceptors (Lipinski definition) is 7.